The summed E-state index contributed by atoms with van der Waals surface area (Å²) in [6, 6.07) is 26.1. The average molecular weight is 655 g/mol. The molecule has 0 bridgehead atoms. The molecule has 0 spiro atoms. The van der Waals surface area contributed by atoms with Crippen LogP contribution in [0.3, 0.4) is 0 Å². The summed E-state index contributed by atoms with van der Waals surface area (Å²) < 4.78 is 6.75. The van der Waals surface area contributed by atoms with Gasteiger partial charge in [0.1, 0.15) is 5.75 Å². The number of methoxy groups -OCH3 is 1. The lowest BCUT2D eigenvalue weighted by atomic mass is 9.80. The van der Waals surface area contributed by atoms with Crippen LogP contribution < -0.4 is 15.6 Å². The number of aromatic nitrogens is 1. The Kier molecular flexibility index (Phi) is 10.7. The van der Waals surface area contributed by atoms with Crippen molar-refractivity contribution >= 4 is 33.8 Å². The molecule has 6 rings (SSSR count). The third-order valence-corrected chi connectivity index (χ3v) is 9.86. The number of ether oxygens (including phenoxy) is 1. The average Bonchev–Trinajstić information content (AvgIpc) is 3.13. The number of hydrogen-bond acceptors (Lipinski definition) is 5. The van der Waals surface area contributed by atoms with Crippen LogP contribution in [-0.4, -0.2) is 23.2 Å². The number of aryl methyl sites for hydroxylation is 2. The Labute approximate surface area is 289 Å². The fourth-order valence-corrected chi connectivity index (χ4v) is 7.10. The van der Waals surface area contributed by atoms with E-state index in [0.29, 0.717) is 50.2 Å². The van der Waals surface area contributed by atoms with Crippen molar-refractivity contribution in [2.24, 2.45) is 7.05 Å². The molecule has 0 atom stereocenters. The summed E-state index contributed by atoms with van der Waals surface area (Å²) in [5, 5.41) is 4.10. The SMILES string of the molecule is CCCCCCCCCCCCc1ccc(Nc2ccc3c4c2C(=O)c2ccccc2-c4c(C(=O)c2ccc(OC)cc2)c(=O)n3C)cc1. The first-order valence-electron chi connectivity index (χ1n) is 17.8. The minimum atomic E-state index is -0.405. The van der Waals surface area contributed by atoms with Gasteiger partial charge in [0, 0.05) is 34.8 Å². The first-order chi connectivity index (χ1) is 23.9. The number of unbranched alkanes of at least 4 members (excludes halogenated alkanes) is 9. The van der Waals surface area contributed by atoms with Crippen molar-refractivity contribution in [3.63, 3.8) is 0 Å². The molecule has 1 N–H and O–H groups in total. The molecule has 6 nitrogen and oxygen atoms in total. The Morgan fingerprint density at radius 3 is 2.00 bits per heavy atom. The van der Waals surface area contributed by atoms with Gasteiger partial charge in [0.05, 0.1) is 29.4 Å². The first kappa shape index (κ1) is 33.9. The van der Waals surface area contributed by atoms with E-state index in [0.717, 1.165) is 12.1 Å². The van der Waals surface area contributed by atoms with Gasteiger partial charge in [-0.15, -0.1) is 0 Å². The van der Waals surface area contributed by atoms with Crippen LogP contribution in [0.4, 0.5) is 11.4 Å². The van der Waals surface area contributed by atoms with Gasteiger partial charge >= 0.3 is 0 Å². The van der Waals surface area contributed by atoms with Crippen LogP contribution in [0.25, 0.3) is 22.0 Å². The van der Waals surface area contributed by atoms with E-state index in [1.54, 1.807) is 44.5 Å². The van der Waals surface area contributed by atoms with Crippen LogP contribution >= 0.6 is 0 Å². The van der Waals surface area contributed by atoms with Gasteiger partial charge in [-0.2, -0.15) is 0 Å². The lowest BCUT2D eigenvalue weighted by Gasteiger charge is -2.25. The summed E-state index contributed by atoms with van der Waals surface area (Å²) >= 11 is 0. The van der Waals surface area contributed by atoms with E-state index in [1.165, 1.54) is 74.3 Å². The number of anilines is 2. The van der Waals surface area contributed by atoms with E-state index < -0.39 is 11.3 Å². The second kappa shape index (κ2) is 15.5. The molecule has 0 fully saturated rings. The molecule has 5 aromatic rings. The van der Waals surface area contributed by atoms with E-state index in [1.807, 2.05) is 30.3 Å². The highest BCUT2D eigenvalue weighted by Gasteiger charge is 2.34. The summed E-state index contributed by atoms with van der Waals surface area (Å²) in [7, 11) is 3.22. The van der Waals surface area contributed by atoms with Gasteiger partial charge in [-0.1, -0.05) is 101 Å². The van der Waals surface area contributed by atoms with Crippen LogP contribution in [0.2, 0.25) is 0 Å². The maximum atomic E-state index is 14.2. The van der Waals surface area contributed by atoms with Crippen molar-refractivity contribution in [2.75, 3.05) is 12.4 Å². The Balaban J connectivity index is 1.27. The minimum absolute atomic E-state index is 0.0508. The molecule has 0 saturated heterocycles. The fourth-order valence-electron chi connectivity index (χ4n) is 7.10. The summed E-state index contributed by atoms with van der Waals surface area (Å²) in [6.45, 7) is 2.26. The van der Waals surface area contributed by atoms with Gasteiger partial charge in [-0.25, -0.2) is 0 Å². The summed E-state index contributed by atoms with van der Waals surface area (Å²) in [4.78, 5) is 42.3. The third-order valence-electron chi connectivity index (χ3n) is 9.86. The quantitative estimate of drug-likeness (QED) is 0.0830. The molecule has 0 unspecified atom stereocenters. The van der Waals surface area contributed by atoms with Crippen molar-refractivity contribution in [1.29, 1.82) is 0 Å². The molecule has 1 heterocycles. The number of fused-ring (bicyclic) bond motifs is 2. The first-order valence-corrected chi connectivity index (χ1v) is 17.8. The molecular formula is C43H46N2O4. The zero-order valence-electron chi connectivity index (χ0n) is 28.9. The van der Waals surface area contributed by atoms with E-state index >= 15 is 0 Å². The van der Waals surface area contributed by atoms with E-state index in [4.69, 9.17) is 4.74 Å². The number of rotatable bonds is 16. The van der Waals surface area contributed by atoms with Crippen molar-refractivity contribution in [3.05, 3.63) is 123 Å². The molecule has 4 aromatic carbocycles. The maximum Gasteiger partial charge on any atom is 0.262 e. The van der Waals surface area contributed by atoms with Crippen LogP contribution in [0.5, 0.6) is 5.75 Å². The number of carbonyl (C=O) groups excluding carboxylic acids is 2. The topological polar surface area (TPSA) is 77.4 Å². The second-order valence-electron chi connectivity index (χ2n) is 13.2. The van der Waals surface area contributed by atoms with Gasteiger partial charge in [-0.05, 0) is 72.5 Å². The van der Waals surface area contributed by atoms with Gasteiger partial charge < -0.3 is 14.6 Å². The lowest BCUT2D eigenvalue weighted by molar-refractivity contribution is 0.102. The molecular weight excluding hydrogens is 608 g/mol. The van der Waals surface area contributed by atoms with Gasteiger partial charge in [0.15, 0.2) is 11.6 Å². The lowest BCUT2D eigenvalue weighted by Crippen LogP contribution is -2.29. The number of nitrogens with one attached hydrogen (secondary N) is 1. The van der Waals surface area contributed by atoms with E-state index in [-0.39, 0.29) is 11.3 Å². The van der Waals surface area contributed by atoms with Crippen LogP contribution in [-0.2, 0) is 13.5 Å². The molecule has 6 heteroatoms. The fraction of sp³-hybridized carbons (Fsp3) is 0.326. The van der Waals surface area contributed by atoms with E-state index in [9.17, 15) is 14.4 Å². The molecule has 0 aliphatic heterocycles. The number of hydrogen-bond donors (Lipinski definition) is 1. The Bertz CT molecular complexity index is 2020. The van der Waals surface area contributed by atoms with Crippen molar-refractivity contribution in [3.8, 4) is 16.9 Å². The minimum Gasteiger partial charge on any atom is -0.497 e. The smallest absolute Gasteiger partial charge is 0.262 e. The Morgan fingerprint density at radius 1 is 0.714 bits per heavy atom. The molecule has 1 aliphatic carbocycles. The largest absolute Gasteiger partial charge is 0.497 e. The molecule has 0 radical (unpaired) electrons. The predicted octanol–water partition coefficient (Wildman–Crippen LogP) is 10.2. The highest BCUT2D eigenvalue weighted by atomic mass is 16.5. The van der Waals surface area contributed by atoms with Crippen molar-refractivity contribution < 1.29 is 14.3 Å². The van der Waals surface area contributed by atoms with Crippen LogP contribution in [0, 0.1) is 0 Å². The molecule has 1 aliphatic rings. The maximum absolute atomic E-state index is 14.2. The molecule has 49 heavy (non-hydrogen) atoms. The zero-order chi connectivity index (χ0) is 34.3. The number of pyridine rings is 1. The van der Waals surface area contributed by atoms with Crippen molar-refractivity contribution in [1.82, 2.24) is 4.57 Å². The van der Waals surface area contributed by atoms with Crippen LogP contribution in [0.15, 0.2) is 89.7 Å². The predicted molar refractivity (Wildman–Crippen MR) is 200 cm³/mol. The summed E-state index contributed by atoms with van der Waals surface area (Å²) in [5.74, 6) is 0.0759. The van der Waals surface area contributed by atoms with Gasteiger partial charge in [0.25, 0.3) is 5.56 Å². The highest BCUT2D eigenvalue weighted by Crippen LogP contribution is 2.44. The summed E-state index contributed by atoms with van der Waals surface area (Å²) in [6.07, 6.45) is 14.3. The molecule has 0 amide bonds. The van der Waals surface area contributed by atoms with Crippen LogP contribution in [0.1, 0.15) is 109 Å². The van der Waals surface area contributed by atoms with Gasteiger partial charge in [0.2, 0.25) is 0 Å². The zero-order valence-corrected chi connectivity index (χ0v) is 28.9. The normalized spacial score (nSPS) is 11.9. The number of benzene rings is 4. The van der Waals surface area contributed by atoms with Crippen molar-refractivity contribution in [2.45, 2.75) is 77.6 Å². The second-order valence-corrected chi connectivity index (χ2v) is 13.2. The number of ketones is 2. The van der Waals surface area contributed by atoms with Gasteiger partial charge in [-0.3, -0.25) is 14.4 Å². The third kappa shape index (κ3) is 7.10. The standard InChI is InChI=1S/C43H46N2O4/c1-4-5-6-7-8-9-10-11-12-13-16-29-19-23-31(24-20-29)44-35-27-28-36-39-37(33-17-14-15-18-34(33)42(47)38(35)39)40(43(48)45(36)2)41(46)30-21-25-32(49-3)26-22-30/h14-15,17-28,44H,4-13,16H2,1-3H3. The Hall–Kier alpha value is -4.97. The molecule has 252 valence electrons. The monoisotopic (exact) mass is 654 g/mol. The molecule has 0 saturated carbocycles. The number of nitrogens with zero attached hydrogens (tertiary/aromatic N) is 1. The number of carbonyl (C=O) groups is 2. The Morgan fingerprint density at radius 2 is 1.35 bits per heavy atom. The summed E-state index contributed by atoms with van der Waals surface area (Å²) in [5.41, 5.74) is 5.44. The highest BCUT2D eigenvalue weighted by molar-refractivity contribution is 6.31. The van der Waals surface area contributed by atoms with E-state index in [2.05, 4.69) is 36.5 Å². The molecule has 1 aromatic heterocycles.